The molecule has 6 nitrogen and oxygen atoms in total. The van der Waals surface area contributed by atoms with Crippen LogP contribution in [0.3, 0.4) is 0 Å². The van der Waals surface area contributed by atoms with E-state index in [-0.39, 0.29) is 31.1 Å². The summed E-state index contributed by atoms with van der Waals surface area (Å²) in [5, 5.41) is 0. The van der Waals surface area contributed by atoms with E-state index in [1.807, 2.05) is 0 Å². The lowest BCUT2D eigenvalue weighted by atomic mass is 10.0. The second-order valence-electron chi connectivity index (χ2n) is 20.6. The fourth-order valence-corrected chi connectivity index (χ4v) is 9.08. The van der Waals surface area contributed by atoms with Crippen molar-refractivity contribution in [1.82, 2.24) is 0 Å². The molecule has 0 fully saturated rings. The van der Waals surface area contributed by atoms with Crippen molar-refractivity contribution in [3.63, 3.8) is 0 Å². The second-order valence-corrected chi connectivity index (χ2v) is 20.6. The number of allylic oxidation sites excluding steroid dienone is 4. The number of esters is 3. The zero-order valence-electron chi connectivity index (χ0n) is 45.9. The summed E-state index contributed by atoms with van der Waals surface area (Å²) in [4.78, 5) is 38.2. The molecule has 0 heterocycles. The molecule has 0 saturated heterocycles. The highest BCUT2D eigenvalue weighted by atomic mass is 16.6. The summed E-state index contributed by atoms with van der Waals surface area (Å²) in [5.74, 6) is -0.858. The van der Waals surface area contributed by atoms with Crippen LogP contribution in [0.5, 0.6) is 0 Å². The molecule has 0 unspecified atom stereocenters. The molecule has 0 rings (SSSR count). The molecule has 1 atom stereocenters. The van der Waals surface area contributed by atoms with E-state index in [4.69, 9.17) is 14.2 Å². The molecule has 0 aliphatic carbocycles. The van der Waals surface area contributed by atoms with Crippen molar-refractivity contribution in [2.75, 3.05) is 13.2 Å². The van der Waals surface area contributed by atoms with Crippen LogP contribution in [0.25, 0.3) is 0 Å². The lowest BCUT2D eigenvalue weighted by molar-refractivity contribution is -0.167. The van der Waals surface area contributed by atoms with Crippen LogP contribution < -0.4 is 0 Å². The molecule has 6 heteroatoms. The fraction of sp³-hybridized carbons (Fsp3) is 0.887. The van der Waals surface area contributed by atoms with Gasteiger partial charge in [-0.25, -0.2) is 0 Å². The van der Waals surface area contributed by atoms with E-state index in [0.717, 1.165) is 64.2 Å². The molecule has 0 N–H and O–H groups in total. The van der Waals surface area contributed by atoms with E-state index in [1.165, 1.54) is 231 Å². The quantitative estimate of drug-likeness (QED) is 0.0262. The molecule has 0 saturated carbocycles. The summed E-state index contributed by atoms with van der Waals surface area (Å²) >= 11 is 0. The molecule has 0 aliphatic rings. The second kappa shape index (κ2) is 57.5. The van der Waals surface area contributed by atoms with E-state index in [9.17, 15) is 14.4 Å². The van der Waals surface area contributed by atoms with Crippen LogP contribution in [-0.4, -0.2) is 37.2 Å². The lowest BCUT2D eigenvalue weighted by Gasteiger charge is -2.18. The van der Waals surface area contributed by atoms with Gasteiger partial charge in [-0.1, -0.05) is 270 Å². The predicted octanol–water partition coefficient (Wildman–Crippen LogP) is 20.3. The highest BCUT2D eigenvalue weighted by Crippen LogP contribution is 2.17. The Hall–Kier alpha value is -2.11. The SMILES string of the molecule is CCCCCCC/C=C\CCCCCCCC(=O)OC[C@H](COC(=O)CCCCCCCCCCC/C=C\CCCCCCCC)OC(=O)CCCCCCCCCCCCCCCCCCC. The highest BCUT2D eigenvalue weighted by molar-refractivity contribution is 5.71. The summed E-state index contributed by atoms with van der Waals surface area (Å²) in [6.45, 7) is 6.67. The zero-order valence-corrected chi connectivity index (χ0v) is 45.9. The van der Waals surface area contributed by atoms with Gasteiger partial charge in [0.2, 0.25) is 0 Å². The fourth-order valence-electron chi connectivity index (χ4n) is 9.08. The normalized spacial score (nSPS) is 12.1. The molecule has 0 spiro atoms. The number of carbonyl (C=O) groups is 3. The first-order valence-electron chi connectivity index (χ1n) is 30.3. The topological polar surface area (TPSA) is 78.9 Å². The summed E-state index contributed by atoms with van der Waals surface area (Å²) in [6.07, 6.45) is 67.4. The van der Waals surface area contributed by atoms with Crippen LogP contribution in [0, 0.1) is 0 Å². The van der Waals surface area contributed by atoms with Crippen LogP contribution in [0.4, 0.5) is 0 Å². The molecule has 0 radical (unpaired) electrons. The van der Waals surface area contributed by atoms with Gasteiger partial charge >= 0.3 is 17.9 Å². The maximum absolute atomic E-state index is 12.9. The van der Waals surface area contributed by atoms with Gasteiger partial charge in [0.1, 0.15) is 13.2 Å². The van der Waals surface area contributed by atoms with Crippen molar-refractivity contribution in [3.8, 4) is 0 Å². The molecule has 0 aromatic rings. The molecule has 0 bridgehead atoms. The number of hydrogen-bond acceptors (Lipinski definition) is 6. The van der Waals surface area contributed by atoms with Crippen LogP contribution in [0.1, 0.15) is 335 Å². The first-order valence-corrected chi connectivity index (χ1v) is 30.3. The summed E-state index contributed by atoms with van der Waals surface area (Å²) < 4.78 is 16.9. The van der Waals surface area contributed by atoms with Crippen molar-refractivity contribution >= 4 is 17.9 Å². The molecular formula is C62H116O6. The van der Waals surface area contributed by atoms with Crippen LogP contribution in [0.15, 0.2) is 24.3 Å². The first kappa shape index (κ1) is 65.9. The first-order chi connectivity index (χ1) is 33.5. The van der Waals surface area contributed by atoms with E-state index in [1.54, 1.807) is 0 Å². The minimum Gasteiger partial charge on any atom is -0.462 e. The molecule has 0 aromatic heterocycles. The summed E-state index contributed by atoms with van der Waals surface area (Å²) in [6, 6.07) is 0. The molecule has 0 amide bonds. The van der Waals surface area contributed by atoms with E-state index >= 15 is 0 Å². The number of ether oxygens (including phenoxy) is 3. The highest BCUT2D eigenvalue weighted by Gasteiger charge is 2.19. The molecule has 0 aliphatic heterocycles. The Bertz CT molecular complexity index is 1100. The van der Waals surface area contributed by atoms with Crippen molar-refractivity contribution < 1.29 is 28.6 Å². The maximum Gasteiger partial charge on any atom is 0.306 e. The van der Waals surface area contributed by atoms with Gasteiger partial charge in [0.15, 0.2) is 6.10 Å². The zero-order chi connectivity index (χ0) is 49.3. The third kappa shape index (κ3) is 54.8. The molecule has 0 aromatic carbocycles. The summed E-state index contributed by atoms with van der Waals surface area (Å²) in [5.41, 5.74) is 0. The number of carbonyl (C=O) groups excluding carboxylic acids is 3. The van der Waals surface area contributed by atoms with Gasteiger partial charge in [-0.3, -0.25) is 14.4 Å². The van der Waals surface area contributed by atoms with Gasteiger partial charge in [-0.2, -0.15) is 0 Å². The van der Waals surface area contributed by atoms with Gasteiger partial charge < -0.3 is 14.2 Å². The van der Waals surface area contributed by atoms with Crippen molar-refractivity contribution in [3.05, 3.63) is 24.3 Å². The minimum absolute atomic E-state index is 0.0703. The largest absolute Gasteiger partial charge is 0.462 e. The van der Waals surface area contributed by atoms with Crippen LogP contribution >= 0.6 is 0 Å². The summed E-state index contributed by atoms with van der Waals surface area (Å²) in [7, 11) is 0. The average Bonchev–Trinajstić information content (AvgIpc) is 3.34. The van der Waals surface area contributed by atoms with E-state index in [2.05, 4.69) is 45.1 Å². The third-order valence-corrected chi connectivity index (χ3v) is 13.7. The predicted molar refractivity (Wildman–Crippen MR) is 293 cm³/mol. The Morgan fingerprint density at radius 1 is 0.279 bits per heavy atom. The van der Waals surface area contributed by atoms with Gasteiger partial charge in [0.25, 0.3) is 0 Å². The minimum atomic E-state index is -0.772. The number of rotatable bonds is 56. The third-order valence-electron chi connectivity index (χ3n) is 13.7. The van der Waals surface area contributed by atoms with Crippen LogP contribution in [0.2, 0.25) is 0 Å². The van der Waals surface area contributed by atoms with Crippen LogP contribution in [-0.2, 0) is 28.6 Å². The maximum atomic E-state index is 12.9. The van der Waals surface area contributed by atoms with Crippen molar-refractivity contribution in [1.29, 1.82) is 0 Å². The molecule has 68 heavy (non-hydrogen) atoms. The molecular weight excluding hydrogens is 841 g/mol. The Morgan fingerprint density at radius 3 is 0.735 bits per heavy atom. The standard InChI is InChI=1S/C62H116O6/c1-4-7-10-13-16-19-22-25-28-30-31-33-34-37-40-43-46-49-52-55-61(64)67-58-59(57-66-60(63)54-51-48-45-42-39-36-27-24-21-18-15-12-9-6-3)68-62(65)56-53-50-47-44-41-38-35-32-29-26-23-20-17-14-11-8-5-2/h24-25,27-28,59H,4-23,26,29-58H2,1-3H3/b27-24-,28-25-/t59-/m1/s1. The molecule has 400 valence electrons. The Morgan fingerprint density at radius 2 is 0.485 bits per heavy atom. The van der Waals surface area contributed by atoms with Gasteiger partial charge in [-0.15, -0.1) is 0 Å². The van der Waals surface area contributed by atoms with E-state index < -0.39 is 6.10 Å². The van der Waals surface area contributed by atoms with Gasteiger partial charge in [0, 0.05) is 19.3 Å². The Labute approximate surface area is 423 Å². The number of hydrogen-bond donors (Lipinski definition) is 0. The van der Waals surface area contributed by atoms with Gasteiger partial charge in [-0.05, 0) is 70.6 Å². The lowest BCUT2D eigenvalue weighted by Crippen LogP contribution is -2.30. The Balaban J connectivity index is 4.32. The van der Waals surface area contributed by atoms with Gasteiger partial charge in [0.05, 0.1) is 0 Å². The van der Waals surface area contributed by atoms with E-state index in [0.29, 0.717) is 19.3 Å². The Kier molecular flexibility index (Phi) is 55.7. The average molecular weight is 958 g/mol. The van der Waals surface area contributed by atoms with Crippen molar-refractivity contribution in [2.24, 2.45) is 0 Å². The number of unbranched alkanes of at least 4 members (excludes halogenated alkanes) is 41. The monoisotopic (exact) mass is 957 g/mol. The smallest absolute Gasteiger partial charge is 0.306 e. The van der Waals surface area contributed by atoms with Crippen molar-refractivity contribution in [2.45, 2.75) is 341 Å².